The molecule has 1 aliphatic rings. The Kier molecular flexibility index (Phi) is 6.71. The van der Waals surface area contributed by atoms with Crippen LogP contribution in [0.5, 0.6) is 0 Å². The van der Waals surface area contributed by atoms with Crippen LogP contribution in [0.4, 0.5) is 11.4 Å². The second-order valence-corrected chi connectivity index (χ2v) is 6.96. The van der Waals surface area contributed by atoms with E-state index in [4.69, 9.17) is 4.74 Å². The summed E-state index contributed by atoms with van der Waals surface area (Å²) in [4.78, 5) is 69.3. The molecule has 170 valence electrons. The third-order valence-corrected chi connectivity index (χ3v) is 4.79. The van der Waals surface area contributed by atoms with E-state index in [1.54, 1.807) is 0 Å². The van der Waals surface area contributed by atoms with Crippen molar-refractivity contribution in [3.8, 4) is 0 Å². The first-order chi connectivity index (χ1) is 15.7. The number of hydrazine groups is 1. The number of carbonyl (C=O) groups is 4. The van der Waals surface area contributed by atoms with Crippen LogP contribution < -0.4 is 5.43 Å². The number of para-hydroxylation sites is 1. The highest BCUT2D eigenvalue weighted by Gasteiger charge is 2.37. The van der Waals surface area contributed by atoms with Crippen LogP contribution in [0, 0.1) is 26.1 Å². The average Bonchev–Trinajstić information content (AvgIpc) is 3.17. The van der Waals surface area contributed by atoms with Gasteiger partial charge in [-0.3, -0.25) is 49.8 Å². The van der Waals surface area contributed by atoms with Gasteiger partial charge in [0.2, 0.25) is 5.91 Å². The summed E-state index contributed by atoms with van der Waals surface area (Å²) in [5.74, 6) is -3.90. The fraction of sp³-hybridized carbons (Fsp3) is 0.200. The minimum absolute atomic E-state index is 0.106. The molecule has 1 fully saturated rings. The lowest BCUT2D eigenvalue weighted by Crippen LogP contribution is -2.43. The highest BCUT2D eigenvalue weighted by atomic mass is 16.6. The number of hydrogen-bond acceptors (Lipinski definition) is 9. The van der Waals surface area contributed by atoms with Crippen LogP contribution in [0.3, 0.4) is 0 Å². The van der Waals surface area contributed by atoms with Crippen LogP contribution in [-0.2, 0) is 14.3 Å². The molecule has 0 saturated carbocycles. The number of rotatable bonds is 8. The zero-order valence-corrected chi connectivity index (χ0v) is 16.8. The van der Waals surface area contributed by atoms with E-state index in [9.17, 15) is 39.4 Å². The molecule has 13 nitrogen and oxygen atoms in total. The molecule has 2 aromatic rings. The van der Waals surface area contributed by atoms with Crippen LogP contribution >= 0.6 is 0 Å². The third-order valence-electron chi connectivity index (χ3n) is 4.79. The minimum atomic E-state index is -0.965. The third kappa shape index (κ3) is 5.33. The van der Waals surface area contributed by atoms with Gasteiger partial charge in [-0.05, 0) is 18.2 Å². The van der Waals surface area contributed by atoms with E-state index in [1.807, 2.05) is 0 Å². The van der Waals surface area contributed by atoms with Gasteiger partial charge in [-0.25, -0.2) is 0 Å². The molecule has 0 radical (unpaired) electrons. The van der Waals surface area contributed by atoms with Crippen molar-refractivity contribution in [1.29, 1.82) is 0 Å². The van der Waals surface area contributed by atoms with Crippen molar-refractivity contribution in [2.45, 2.75) is 6.42 Å². The van der Waals surface area contributed by atoms with Gasteiger partial charge < -0.3 is 4.74 Å². The first kappa shape index (κ1) is 23.0. The van der Waals surface area contributed by atoms with Crippen LogP contribution in [0.1, 0.15) is 27.1 Å². The molecule has 1 saturated heterocycles. The standard InChI is InChI=1S/C20H16N4O9/c25-17(12-5-7-14(8-6-12)23(29)30)11-33-20(28)13-9-18(26)22(10-13)21-19(27)15-3-1-2-4-16(15)24(31)32/h1-8,13H,9-11H2,(H,21,27)/t13-/m0/s1. The number of nitro groups is 2. The Bertz CT molecular complexity index is 1150. The summed E-state index contributed by atoms with van der Waals surface area (Å²) in [5.41, 5.74) is 1.45. The van der Waals surface area contributed by atoms with Crippen LogP contribution in [0.15, 0.2) is 48.5 Å². The predicted octanol–water partition coefficient (Wildman–Crippen LogP) is 1.42. The summed E-state index contributed by atoms with van der Waals surface area (Å²) in [6.45, 7) is -0.875. The van der Waals surface area contributed by atoms with Crippen molar-refractivity contribution < 1.29 is 33.8 Å². The summed E-state index contributed by atoms with van der Waals surface area (Å²) in [5, 5.41) is 22.6. The molecule has 1 N–H and O–H groups in total. The van der Waals surface area contributed by atoms with Gasteiger partial charge in [0, 0.05) is 30.2 Å². The Hall–Kier alpha value is -4.68. The smallest absolute Gasteiger partial charge is 0.311 e. The summed E-state index contributed by atoms with van der Waals surface area (Å²) >= 11 is 0. The quantitative estimate of drug-likeness (QED) is 0.266. The number of carbonyl (C=O) groups excluding carboxylic acids is 4. The number of hydrogen-bond donors (Lipinski definition) is 1. The number of ether oxygens (including phenoxy) is 1. The van der Waals surface area contributed by atoms with Gasteiger partial charge in [-0.15, -0.1) is 0 Å². The number of nitro benzene ring substituents is 2. The number of amides is 2. The minimum Gasteiger partial charge on any atom is -0.457 e. The molecule has 0 aliphatic carbocycles. The Morgan fingerprint density at radius 2 is 1.70 bits per heavy atom. The van der Waals surface area contributed by atoms with Crippen LogP contribution in [0.25, 0.3) is 0 Å². The molecule has 0 aromatic heterocycles. The van der Waals surface area contributed by atoms with E-state index in [1.165, 1.54) is 30.3 Å². The van der Waals surface area contributed by atoms with E-state index in [-0.39, 0.29) is 29.8 Å². The van der Waals surface area contributed by atoms with E-state index in [0.717, 1.165) is 23.2 Å². The second-order valence-electron chi connectivity index (χ2n) is 6.96. The molecule has 0 bridgehead atoms. The molecule has 3 rings (SSSR count). The highest BCUT2D eigenvalue weighted by molar-refractivity contribution is 6.00. The van der Waals surface area contributed by atoms with Crippen molar-refractivity contribution in [1.82, 2.24) is 10.4 Å². The fourth-order valence-corrected chi connectivity index (χ4v) is 3.09. The summed E-state index contributed by atoms with van der Waals surface area (Å²) in [7, 11) is 0. The molecule has 13 heteroatoms. The Balaban J connectivity index is 1.55. The average molecular weight is 456 g/mol. The molecule has 1 heterocycles. The summed E-state index contributed by atoms with van der Waals surface area (Å²) < 4.78 is 4.95. The van der Waals surface area contributed by atoms with Crippen molar-refractivity contribution in [2.75, 3.05) is 13.2 Å². The predicted molar refractivity (Wildman–Crippen MR) is 109 cm³/mol. The summed E-state index contributed by atoms with van der Waals surface area (Å²) in [6, 6.07) is 9.92. The topological polar surface area (TPSA) is 179 Å². The van der Waals surface area contributed by atoms with Gasteiger partial charge in [-0.2, -0.15) is 0 Å². The van der Waals surface area contributed by atoms with Crippen LogP contribution in [-0.4, -0.2) is 51.6 Å². The molecule has 1 aliphatic heterocycles. The van der Waals surface area contributed by atoms with Crippen molar-refractivity contribution in [2.24, 2.45) is 5.92 Å². The number of nitrogens with zero attached hydrogens (tertiary/aromatic N) is 3. The van der Waals surface area contributed by atoms with E-state index < -0.39 is 51.6 Å². The number of non-ortho nitro benzene ring substituents is 1. The lowest BCUT2D eigenvalue weighted by atomic mass is 10.1. The molecule has 1 atom stereocenters. The van der Waals surface area contributed by atoms with Gasteiger partial charge in [0.05, 0.1) is 22.3 Å². The number of nitrogens with one attached hydrogen (secondary N) is 1. The molecule has 0 unspecified atom stereocenters. The maximum Gasteiger partial charge on any atom is 0.311 e. The van der Waals surface area contributed by atoms with Gasteiger partial charge in [0.15, 0.2) is 12.4 Å². The van der Waals surface area contributed by atoms with Crippen molar-refractivity contribution in [3.05, 3.63) is 79.9 Å². The van der Waals surface area contributed by atoms with Gasteiger partial charge in [0.1, 0.15) is 5.56 Å². The Morgan fingerprint density at radius 3 is 2.33 bits per heavy atom. The zero-order valence-electron chi connectivity index (χ0n) is 16.8. The Morgan fingerprint density at radius 1 is 1.03 bits per heavy atom. The highest BCUT2D eigenvalue weighted by Crippen LogP contribution is 2.21. The summed E-state index contributed by atoms with van der Waals surface area (Å²) in [6.07, 6.45) is -0.290. The molecule has 2 aromatic carbocycles. The van der Waals surface area contributed by atoms with E-state index in [2.05, 4.69) is 5.43 Å². The number of benzene rings is 2. The first-order valence-corrected chi connectivity index (χ1v) is 9.46. The number of ketones is 1. The van der Waals surface area contributed by atoms with Crippen LogP contribution in [0.2, 0.25) is 0 Å². The van der Waals surface area contributed by atoms with Gasteiger partial charge in [0.25, 0.3) is 17.3 Å². The molecule has 2 amide bonds. The Labute approximate surface area is 185 Å². The maximum atomic E-state index is 12.4. The molecular weight excluding hydrogens is 440 g/mol. The van der Waals surface area contributed by atoms with E-state index >= 15 is 0 Å². The maximum absolute atomic E-state index is 12.4. The largest absolute Gasteiger partial charge is 0.457 e. The zero-order chi connectivity index (χ0) is 24.1. The van der Waals surface area contributed by atoms with Crippen molar-refractivity contribution in [3.63, 3.8) is 0 Å². The lowest BCUT2D eigenvalue weighted by Gasteiger charge is -2.17. The molecule has 33 heavy (non-hydrogen) atoms. The second kappa shape index (κ2) is 9.64. The fourth-order valence-electron chi connectivity index (χ4n) is 3.09. The monoisotopic (exact) mass is 456 g/mol. The lowest BCUT2D eigenvalue weighted by molar-refractivity contribution is -0.385. The van der Waals surface area contributed by atoms with Crippen molar-refractivity contribution >= 4 is 34.9 Å². The number of esters is 1. The molecule has 0 spiro atoms. The normalized spacial score (nSPS) is 15.1. The van der Waals surface area contributed by atoms with E-state index in [0.29, 0.717) is 0 Å². The number of Topliss-reactive ketones (excluding diaryl/α,β-unsaturated/α-hetero) is 1. The first-order valence-electron chi connectivity index (χ1n) is 9.46. The van der Waals surface area contributed by atoms with Gasteiger partial charge >= 0.3 is 5.97 Å². The molecular formula is C20H16N4O9. The SMILES string of the molecule is O=C(COC(=O)[C@H]1CC(=O)N(NC(=O)c2ccccc2[N+](=O)[O-])C1)c1ccc([N+](=O)[O-])cc1. The van der Waals surface area contributed by atoms with Gasteiger partial charge in [-0.1, -0.05) is 12.1 Å².